The molecule has 8 heteroatoms. The first kappa shape index (κ1) is 10.9. The standard InChI is InChI=1S/C6H6F3NO3S/c7-6(8,9)14(11,12)13-5-2-1-3-10-4-5/h1-3,10H,4H2. The van der Waals surface area contributed by atoms with E-state index >= 15 is 0 Å². The minimum absolute atomic E-state index is 0.0915. The van der Waals surface area contributed by atoms with Crippen LogP contribution in [0, 0.1) is 0 Å². The maximum Gasteiger partial charge on any atom is 0.534 e. The molecule has 0 aliphatic carbocycles. The van der Waals surface area contributed by atoms with Crippen LogP contribution in [0.2, 0.25) is 0 Å². The fraction of sp³-hybridized carbons (Fsp3) is 0.333. The van der Waals surface area contributed by atoms with E-state index in [9.17, 15) is 21.6 Å². The van der Waals surface area contributed by atoms with Gasteiger partial charge in [-0.05, 0) is 18.4 Å². The molecule has 0 radical (unpaired) electrons. The highest BCUT2D eigenvalue weighted by atomic mass is 32.2. The van der Waals surface area contributed by atoms with E-state index in [-0.39, 0.29) is 12.3 Å². The lowest BCUT2D eigenvalue weighted by atomic mass is 10.4. The van der Waals surface area contributed by atoms with Crippen molar-refractivity contribution < 1.29 is 25.8 Å². The second-order valence-corrected chi connectivity index (χ2v) is 3.89. The van der Waals surface area contributed by atoms with Crippen molar-refractivity contribution in [2.75, 3.05) is 6.54 Å². The van der Waals surface area contributed by atoms with Gasteiger partial charge in [-0.2, -0.15) is 21.6 Å². The van der Waals surface area contributed by atoms with Gasteiger partial charge in [0.25, 0.3) is 0 Å². The normalized spacial score (nSPS) is 17.2. The molecule has 0 saturated carbocycles. The van der Waals surface area contributed by atoms with Crippen LogP contribution in [0.4, 0.5) is 13.2 Å². The Labute approximate surface area is 78.2 Å². The minimum Gasteiger partial charge on any atom is -0.384 e. The zero-order chi connectivity index (χ0) is 10.8. The van der Waals surface area contributed by atoms with Crippen LogP contribution in [0.25, 0.3) is 0 Å². The maximum atomic E-state index is 11.8. The summed E-state index contributed by atoms with van der Waals surface area (Å²) in [6.45, 7) is -0.0915. The summed E-state index contributed by atoms with van der Waals surface area (Å²) < 4.78 is 60.2. The third kappa shape index (κ3) is 2.41. The van der Waals surface area contributed by atoms with Gasteiger partial charge in [0.05, 0.1) is 6.54 Å². The molecule has 4 nitrogen and oxygen atoms in total. The van der Waals surface area contributed by atoms with E-state index in [2.05, 4.69) is 9.50 Å². The molecule has 0 spiro atoms. The Morgan fingerprint density at radius 2 is 2.07 bits per heavy atom. The summed E-state index contributed by atoms with van der Waals surface area (Å²) in [6.07, 6.45) is 3.93. The number of allylic oxidation sites excluding steroid dienone is 2. The molecule has 0 aromatic carbocycles. The van der Waals surface area contributed by atoms with Gasteiger partial charge in [0.15, 0.2) is 0 Å². The molecular weight excluding hydrogens is 223 g/mol. The topological polar surface area (TPSA) is 55.4 Å². The molecule has 14 heavy (non-hydrogen) atoms. The van der Waals surface area contributed by atoms with Crippen molar-refractivity contribution in [1.29, 1.82) is 0 Å². The van der Waals surface area contributed by atoms with Crippen molar-refractivity contribution in [2.24, 2.45) is 0 Å². The van der Waals surface area contributed by atoms with Gasteiger partial charge >= 0.3 is 15.6 Å². The summed E-state index contributed by atoms with van der Waals surface area (Å²) in [6, 6.07) is 0. The van der Waals surface area contributed by atoms with E-state index in [1.807, 2.05) is 0 Å². The number of alkyl halides is 3. The van der Waals surface area contributed by atoms with E-state index < -0.39 is 15.6 Å². The molecule has 0 unspecified atom stereocenters. The molecule has 0 amide bonds. The van der Waals surface area contributed by atoms with Crippen molar-refractivity contribution in [2.45, 2.75) is 5.51 Å². The summed E-state index contributed by atoms with van der Waals surface area (Å²) in [5, 5.41) is 2.50. The van der Waals surface area contributed by atoms with Gasteiger partial charge in [0.2, 0.25) is 0 Å². The summed E-state index contributed by atoms with van der Waals surface area (Å²) in [4.78, 5) is 0. The van der Waals surface area contributed by atoms with Crippen molar-refractivity contribution in [1.82, 2.24) is 5.32 Å². The van der Waals surface area contributed by atoms with Gasteiger partial charge in [0.1, 0.15) is 5.76 Å². The van der Waals surface area contributed by atoms with Crippen LogP contribution >= 0.6 is 0 Å². The Hall–Kier alpha value is -1.18. The SMILES string of the molecule is O=S(=O)(OC1=CC=CNC1)C(F)(F)F. The Morgan fingerprint density at radius 3 is 2.50 bits per heavy atom. The Kier molecular flexibility index (Phi) is 2.74. The zero-order valence-corrected chi connectivity index (χ0v) is 7.52. The fourth-order valence-corrected chi connectivity index (χ4v) is 1.18. The van der Waals surface area contributed by atoms with Crippen molar-refractivity contribution >= 4 is 10.1 Å². The van der Waals surface area contributed by atoms with E-state index in [1.54, 1.807) is 0 Å². The van der Waals surface area contributed by atoms with E-state index in [1.165, 1.54) is 12.3 Å². The average Bonchev–Trinajstić information content (AvgIpc) is 2.03. The molecule has 1 aliphatic heterocycles. The van der Waals surface area contributed by atoms with Gasteiger partial charge in [-0.15, -0.1) is 0 Å². The predicted octanol–water partition coefficient (Wildman–Crippen LogP) is 0.853. The minimum atomic E-state index is -5.54. The Morgan fingerprint density at radius 1 is 1.43 bits per heavy atom. The number of nitrogens with one attached hydrogen (secondary N) is 1. The smallest absolute Gasteiger partial charge is 0.384 e. The third-order valence-electron chi connectivity index (χ3n) is 1.27. The molecule has 1 rings (SSSR count). The number of dihydropyridines is 1. The molecule has 1 heterocycles. The van der Waals surface area contributed by atoms with Crippen LogP contribution in [0.15, 0.2) is 24.1 Å². The summed E-state index contributed by atoms with van der Waals surface area (Å²) in [5.41, 5.74) is -5.39. The van der Waals surface area contributed by atoms with Crippen LogP contribution < -0.4 is 5.32 Å². The molecule has 0 bridgehead atoms. The molecule has 80 valence electrons. The first-order valence-corrected chi connectivity index (χ1v) is 4.83. The lowest BCUT2D eigenvalue weighted by Gasteiger charge is -2.13. The molecular formula is C6H6F3NO3S. The van der Waals surface area contributed by atoms with Crippen LogP contribution in [-0.2, 0) is 14.3 Å². The van der Waals surface area contributed by atoms with Crippen molar-refractivity contribution in [3.8, 4) is 0 Å². The van der Waals surface area contributed by atoms with Gasteiger partial charge in [-0.1, -0.05) is 0 Å². The van der Waals surface area contributed by atoms with Crippen molar-refractivity contribution in [3.05, 3.63) is 24.1 Å². The first-order chi connectivity index (χ1) is 6.33. The first-order valence-electron chi connectivity index (χ1n) is 3.43. The molecule has 0 aromatic heterocycles. The van der Waals surface area contributed by atoms with Gasteiger partial charge < -0.3 is 9.50 Å². The number of hydrogen-bond donors (Lipinski definition) is 1. The lowest BCUT2D eigenvalue weighted by Crippen LogP contribution is -2.27. The number of rotatable bonds is 2. The average molecular weight is 229 g/mol. The van der Waals surface area contributed by atoms with Gasteiger partial charge in [-0.25, -0.2) is 0 Å². The fourth-order valence-electron chi connectivity index (χ4n) is 0.687. The summed E-state index contributed by atoms with van der Waals surface area (Å²) in [5.74, 6) is -0.301. The monoisotopic (exact) mass is 229 g/mol. The molecule has 0 fully saturated rings. The summed E-state index contributed by atoms with van der Waals surface area (Å²) in [7, 11) is -5.54. The zero-order valence-electron chi connectivity index (χ0n) is 6.71. The highest BCUT2D eigenvalue weighted by Gasteiger charge is 2.48. The third-order valence-corrected chi connectivity index (χ3v) is 2.27. The van der Waals surface area contributed by atoms with Crippen molar-refractivity contribution in [3.63, 3.8) is 0 Å². The second-order valence-electron chi connectivity index (χ2n) is 2.36. The molecule has 1 N–H and O–H groups in total. The second kappa shape index (κ2) is 3.52. The molecule has 0 saturated heterocycles. The number of halogens is 3. The van der Waals surface area contributed by atoms with Gasteiger partial charge in [-0.3, -0.25) is 0 Å². The molecule has 1 aliphatic rings. The summed E-state index contributed by atoms with van der Waals surface area (Å²) >= 11 is 0. The largest absolute Gasteiger partial charge is 0.534 e. The van der Waals surface area contributed by atoms with Gasteiger partial charge in [0, 0.05) is 0 Å². The predicted molar refractivity (Wildman–Crippen MR) is 41.3 cm³/mol. The number of hydrogen-bond acceptors (Lipinski definition) is 4. The lowest BCUT2D eigenvalue weighted by molar-refractivity contribution is -0.0522. The maximum absolute atomic E-state index is 11.8. The van der Waals surface area contributed by atoms with E-state index in [4.69, 9.17) is 0 Å². The molecule has 0 aromatic rings. The van der Waals surface area contributed by atoms with Crippen LogP contribution in [0.1, 0.15) is 0 Å². The van der Waals surface area contributed by atoms with E-state index in [0.29, 0.717) is 0 Å². The van der Waals surface area contributed by atoms with E-state index in [0.717, 1.165) is 6.08 Å². The molecule has 0 atom stereocenters. The van der Waals surface area contributed by atoms with Crippen LogP contribution in [0.5, 0.6) is 0 Å². The van der Waals surface area contributed by atoms with Crippen LogP contribution in [0.3, 0.4) is 0 Å². The highest BCUT2D eigenvalue weighted by molar-refractivity contribution is 7.87. The Bertz CT molecular complexity index is 368. The quantitative estimate of drug-likeness (QED) is 0.563. The van der Waals surface area contributed by atoms with Crippen LogP contribution in [-0.4, -0.2) is 20.5 Å². The highest BCUT2D eigenvalue weighted by Crippen LogP contribution is 2.26. The Balaban J connectivity index is 2.79.